The lowest BCUT2D eigenvalue weighted by Crippen LogP contribution is -2.32. The number of hydrogen-bond acceptors (Lipinski definition) is 3. The highest BCUT2D eigenvalue weighted by Crippen LogP contribution is 2.25. The van der Waals surface area contributed by atoms with Gasteiger partial charge in [0.25, 0.3) is 15.9 Å². The average Bonchev–Trinajstić information content (AvgIpc) is 2.55. The highest BCUT2D eigenvalue weighted by Gasteiger charge is 2.21. The van der Waals surface area contributed by atoms with Gasteiger partial charge in [-0.1, -0.05) is 43.1 Å². The Bertz CT molecular complexity index is 839. The van der Waals surface area contributed by atoms with E-state index in [0.717, 1.165) is 12.8 Å². The van der Waals surface area contributed by atoms with Crippen LogP contribution in [-0.4, -0.2) is 20.4 Å². The maximum atomic E-state index is 12.6. The normalized spacial score (nSPS) is 12.4. The van der Waals surface area contributed by atoms with Gasteiger partial charge in [-0.3, -0.25) is 9.52 Å². The van der Waals surface area contributed by atoms with Crippen molar-refractivity contribution in [2.75, 3.05) is 4.72 Å². The second-order valence-corrected chi connectivity index (χ2v) is 7.84. The summed E-state index contributed by atoms with van der Waals surface area (Å²) in [5.41, 5.74) is 0.672. The van der Waals surface area contributed by atoms with Crippen LogP contribution in [0.2, 0.25) is 5.02 Å². The molecule has 0 radical (unpaired) electrons. The standard InChI is InChI=1S/C18H21ClN2O3S/c1-3-7-13(2)20-18(22)14-10-11-16(19)17(12-14)25(23,24)21-15-8-5-4-6-9-15/h4-6,8-13,21H,3,7H2,1-2H3,(H,20,22)/t13-/m0/s1. The predicted molar refractivity (Wildman–Crippen MR) is 101 cm³/mol. The van der Waals surface area contributed by atoms with Crippen LogP contribution >= 0.6 is 11.6 Å². The van der Waals surface area contributed by atoms with E-state index in [2.05, 4.69) is 10.0 Å². The largest absolute Gasteiger partial charge is 0.350 e. The van der Waals surface area contributed by atoms with E-state index in [4.69, 9.17) is 11.6 Å². The van der Waals surface area contributed by atoms with Gasteiger partial charge in [-0.05, 0) is 43.7 Å². The molecule has 0 spiro atoms. The number of halogens is 1. The van der Waals surface area contributed by atoms with Crippen LogP contribution < -0.4 is 10.0 Å². The smallest absolute Gasteiger partial charge is 0.263 e. The molecule has 1 amide bonds. The van der Waals surface area contributed by atoms with Crippen molar-refractivity contribution < 1.29 is 13.2 Å². The van der Waals surface area contributed by atoms with Gasteiger partial charge in [-0.25, -0.2) is 8.42 Å². The number of carbonyl (C=O) groups is 1. The summed E-state index contributed by atoms with van der Waals surface area (Å²) in [6.45, 7) is 3.94. The van der Waals surface area contributed by atoms with Crippen molar-refractivity contribution in [1.29, 1.82) is 0 Å². The minimum atomic E-state index is -3.90. The minimum Gasteiger partial charge on any atom is -0.350 e. The van der Waals surface area contributed by atoms with Crippen molar-refractivity contribution >= 4 is 33.2 Å². The first-order chi connectivity index (χ1) is 11.8. The van der Waals surface area contributed by atoms with Crippen LogP contribution in [0.15, 0.2) is 53.4 Å². The Kier molecular flexibility index (Phi) is 6.45. The monoisotopic (exact) mass is 380 g/mol. The Balaban J connectivity index is 2.27. The fraction of sp³-hybridized carbons (Fsp3) is 0.278. The van der Waals surface area contributed by atoms with Gasteiger partial charge < -0.3 is 5.32 Å². The summed E-state index contributed by atoms with van der Waals surface area (Å²) in [5.74, 6) is -0.325. The zero-order valence-electron chi connectivity index (χ0n) is 14.1. The molecule has 134 valence electrons. The first-order valence-corrected chi connectivity index (χ1v) is 9.88. The van der Waals surface area contributed by atoms with Gasteiger partial charge in [0, 0.05) is 17.3 Å². The van der Waals surface area contributed by atoms with Gasteiger partial charge in [0.1, 0.15) is 4.90 Å². The van der Waals surface area contributed by atoms with E-state index in [9.17, 15) is 13.2 Å². The fourth-order valence-electron chi connectivity index (χ4n) is 2.38. The molecule has 0 bridgehead atoms. The van der Waals surface area contributed by atoms with E-state index in [1.54, 1.807) is 30.3 Å². The van der Waals surface area contributed by atoms with Crippen molar-refractivity contribution in [3.05, 3.63) is 59.1 Å². The number of para-hydroxylation sites is 1. The number of nitrogens with one attached hydrogen (secondary N) is 2. The molecule has 1 atom stereocenters. The minimum absolute atomic E-state index is 0.00989. The molecule has 0 heterocycles. The van der Waals surface area contributed by atoms with Crippen molar-refractivity contribution in [2.24, 2.45) is 0 Å². The zero-order valence-corrected chi connectivity index (χ0v) is 15.7. The maximum Gasteiger partial charge on any atom is 0.263 e. The molecule has 0 unspecified atom stereocenters. The molecule has 0 aliphatic rings. The van der Waals surface area contributed by atoms with Gasteiger partial charge in [0.2, 0.25) is 0 Å². The van der Waals surface area contributed by atoms with E-state index in [0.29, 0.717) is 5.69 Å². The first kappa shape index (κ1) is 19.3. The zero-order chi connectivity index (χ0) is 18.4. The molecular formula is C18H21ClN2O3S. The van der Waals surface area contributed by atoms with Crippen LogP contribution in [0.3, 0.4) is 0 Å². The number of hydrogen-bond donors (Lipinski definition) is 2. The number of benzene rings is 2. The molecule has 2 rings (SSSR count). The predicted octanol–water partition coefficient (Wildman–Crippen LogP) is 4.06. The van der Waals surface area contributed by atoms with Gasteiger partial charge in [-0.15, -0.1) is 0 Å². The average molecular weight is 381 g/mol. The molecule has 2 aromatic carbocycles. The summed E-state index contributed by atoms with van der Waals surface area (Å²) in [4.78, 5) is 12.2. The van der Waals surface area contributed by atoms with Crippen LogP contribution in [0.1, 0.15) is 37.0 Å². The van der Waals surface area contributed by atoms with Crippen molar-refractivity contribution in [3.8, 4) is 0 Å². The quantitative estimate of drug-likeness (QED) is 0.760. The van der Waals surface area contributed by atoms with Gasteiger partial charge in [-0.2, -0.15) is 0 Å². The van der Waals surface area contributed by atoms with E-state index in [1.807, 2.05) is 13.8 Å². The van der Waals surface area contributed by atoms with Gasteiger partial charge >= 0.3 is 0 Å². The van der Waals surface area contributed by atoms with Crippen LogP contribution in [0.4, 0.5) is 5.69 Å². The lowest BCUT2D eigenvalue weighted by Gasteiger charge is -2.14. The van der Waals surface area contributed by atoms with Crippen molar-refractivity contribution in [2.45, 2.75) is 37.6 Å². The molecule has 0 saturated heterocycles. The molecule has 0 aliphatic heterocycles. The highest BCUT2D eigenvalue weighted by atomic mass is 35.5. The molecule has 2 N–H and O–H groups in total. The topological polar surface area (TPSA) is 75.3 Å². The van der Waals surface area contributed by atoms with Crippen molar-refractivity contribution in [3.63, 3.8) is 0 Å². The molecule has 0 saturated carbocycles. The second-order valence-electron chi connectivity index (χ2n) is 5.78. The van der Waals surface area contributed by atoms with Gasteiger partial charge in [0.15, 0.2) is 0 Å². The fourth-order valence-corrected chi connectivity index (χ4v) is 3.96. The third-order valence-electron chi connectivity index (χ3n) is 3.61. The summed E-state index contributed by atoms with van der Waals surface area (Å²) in [5, 5.41) is 2.90. The molecule has 25 heavy (non-hydrogen) atoms. The van der Waals surface area contributed by atoms with E-state index >= 15 is 0 Å². The molecule has 0 fully saturated rings. The Morgan fingerprint density at radius 2 is 1.84 bits per heavy atom. The van der Waals surface area contributed by atoms with Crippen LogP contribution in [0, 0.1) is 0 Å². The third kappa shape index (κ3) is 5.21. The summed E-state index contributed by atoms with van der Waals surface area (Å²) in [6, 6.07) is 12.7. The van der Waals surface area contributed by atoms with Crippen molar-refractivity contribution in [1.82, 2.24) is 5.32 Å². The number of rotatable bonds is 7. The number of amides is 1. The van der Waals surface area contributed by atoms with Gasteiger partial charge in [0.05, 0.1) is 5.02 Å². The molecule has 0 aromatic heterocycles. The first-order valence-electron chi connectivity index (χ1n) is 8.01. The molecule has 0 aliphatic carbocycles. The second kappa shape index (κ2) is 8.36. The lowest BCUT2D eigenvalue weighted by atomic mass is 10.1. The molecule has 2 aromatic rings. The third-order valence-corrected chi connectivity index (χ3v) is 5.47. The lowest BCUT2D eigenvalue weighted by molar-refractivity contribution is 0.0938. The maximum absolute atomic E-state index is 12.6. The van der Waals surface area contributed by atoms with E-state index < -0.39 is 10.0 Å². The summed E-state index contributed by atoms with van der Waals surface area (Å²) < 4.78 is 27.6. The van der Waals surface area contributed by atoms with Crippen LogP contribution in [-0.2, 0) is 10.0 Å². The van der Waals surface area contributed by atoms with Crippen LogP contribution in [0.5, 0.6) is 0 Å². The summed E-state index contributed by atoms with van der Waals surface area (Å²) in [6.07, 6.45) is 1.79. The summed E-state index contributed by atoms with van der Waals surface area (Å²) >= 11 is 6.06. The highest BCUT2D eigenvalue weighted by molar-refractivity contribution is 7.92. The molecule has 5 nitrogen and oxygen atoms in total. The Labute approximate surface area is 153 Å². The summed E-state index contributed by atoms with van der Waals surface area (Å²) in [7, 11) is -3.90. The van der Waals surface area contributed by atoms with E-state index in [1.165, 1.54) is 18.2 Å². The Morgan fingerprint density at radius 1 is 1.16 bits per heavy atom. The number of sulfonamides is 1. The van der Waals surface area contributed by atoms with Crippen LogP contribution in [0.25, 0.3) is 0 Å². The number of carbonyl (C=O) groups excluding carboxylic acids is 1. The van der Waals surface area contributed by atoms with E-state index in [-0.39, 0.29) is 27.4 Å². The molecular weight excluding hydrogens is 360 g/mol. The Morgan fingerprint density at radius 3 is 2.48 bits per heavy atom. The molecule has 7 heteroatoms. The Hall–Kier alpha value is -2.05. The SMILES string of the molecule is CCC[C@H](C)NC(=O)c1ccc(Cl)c(S(=O)(=O)Nc2ccccc2)c1. The number of anilines is 1.